The molecule has 1 saturated carbocycles. The number of benzene rings is 3. The van der Waals surface area contributed by atoms with E-state index in [1.165, 1.54) is 6.07 Å². The molecule has 4 rings (SSSR count). The van der Waals surface area contributed by atoms with Crippen molar-refractivity contribution in [3.63, 3.8) is 0 Å². The topological polar surface area (TPSA) is 12.0 Å². The van der Waals surface area contributed by atoms with Crippen molar-refractivity contribution in [1.29, 1.82) is 0 Å². The predicted octanol–water partition coefficient (Wildman–Crippen LogP) is 9.67. The Bertz CT molecular complexity index is 1260. The molecule has 0 heterocycles. The minimum atomic E-state index is -1.05. The fourth-order valence-corrected chi connectivity index (χ4v) is 5.71. The van der Waals surface area contributed by atoms with Crippen molar-refractivity contribution >= 4 is 69.3 Å². The van der Waals surface area contributed by atoms with Crippen LogP contribution in [0.2, 0.25) is 15.1 Å². The van der Waals surface area contributed by atoms with Crippen LogP contribution in [0, 0.1) is 18.7 Å². The maximum absolute atomic E-state index is 14.5. The molecule has 0 radical (unpaired) electrons. The van der Waals surface area contributed by atoms with Crippen LogP contribution in [0.3, 0.4) is 0 Å². The van der Waals surface area contributed by atoms with Crippen LogP contribution < -0.4 is 5.32 Å². The van der Waals surface area contributed by atoms with Gasteiger partial charge < -0.3 is 5.32 Å². The van der Waals surface area contributed by atoms with Gasteiger partial charge in [0.15, 0.2) is 0 Å². The van der Waals surface area contributed by atoms with Gasteiger partial charge in [-0.05, 0) is 66.1 Å². The Kier molecular flexibility index (Phi) is 6.79. The highest BCUT2D eigenvalue weighted by Crippen LogP contribution is 2.67. The van der Waals surface area contributed by atoms with Crippen LogP contribution in [0.4, 0.5) is 10.1 Å². The van der Waals surface area contributed by atoms with E-state index >= 15 is 0 Å². The summed E-state index contributed by atoms with van der Waals surface area (Å²) in [6.07, 6.45) is 0. The lowest BCUT2D eigenvalue weighted by Gasteiger charge is -2.15. The molecule has 0 aliphatic heterocycles. The minimum Gasteiger partial charge on any atom is -0.359 e. The van der Waals surface area contributed by atoms with Crippen molar-refractivity contribution in [3.05, 3.63) is 117 Å². The zero-order valence-electron chi connectivity index (χ0n) is 17.5. The molecule has 33 heavy (non-hydrogen) atoms. The summed E-state index contributed by atoms with van der Waals surface area (Å²) in [5, 5.41) is 4.74. The molecule has 1 aliphatic carbocycles. The Balaban J connectivity index is 1.57. The molecule has 1 fully saturated rings. The van der Waals surface area contributed by atoms with E-state index in [-0.39, 0.29) is 17.7 Å². The van der Waals surface area contributed by atoms with E-state index in [9.17, 15) is 4.39 Å². The standard InChI is InChI=1S/C26H19Cl5FN/c1-13-4-6-20(23(32)8-13)14(2)21-12-19(5-7-22(21)29)33-15(3)24-25(26(24,30)31)16-9-17(27)11-18(28)10-16/h4-12,24-25,33H,2-3H2,1H3. The van der Waals surface area contributed by atoms with E-state index in [0.29, 0.717) is 43.2 Å². The van der Waals surface area contributed by atoms with E-state index in [0.717, 1.165) is 11.1 Å². The molecule has 2 atom stereocenters. The molecule has 1 aliphatic rings. The molecule has 3 aromatic carbocycles. The first kappa shape index (κ1) is 24.4. The fourth-order valence-electron chi connectivity index (χ4n) is 4.04. The van der Waals surface area contributed by atoms with Crippen molar-refractivity contribution in [2.75, 3.05) is 5.32 Å². The monoisotopic (exact) mass is 539 g/mol. The van der Waals surface area contributed by atoms with Gasteiger partial charge in [-0.25, -0.2) is 4.39 Å². The van der Waals surface area contributed by atoms with Gasteiger partial charge in [-0.3, -0.25) is 0 Å². The summed E-state index contributed by atoms with van der Waals surface area (Å²) in [6.45, 7) is 10.0. The number of aryl methyl sites for hydroxylation is 1. The van der Waals surface area contributed by atoms with Crippen molar-refractivity contribution in [3.8, 4) is 0 Å². The zero-order valence-corrected chi connectivity index (χ0v) is 21.3. The molecular formula is C26H19Cl5FN. The van der Waals surface area contributed by atoms with Crippen LogP contribution in [0.25, 0.3) is 5.57 Å². The summed E-state index contributed by atoms with van der Waals surface area (Å²) in [7, 11) is 0. The highest BCUT2D eigenvalue weighted by molar-refractivity contribution is 6.52. The number of hydrogen-bond acceptors (Lipinski definition) is 1. The average molecular weight is 542 g/mol. The molecule has 0 amide bonds. The molecule has 0 aromatic heterocycles. The second-order valence-electron chi connectivity index (χ2n) is 8.14. The van der Waals surface area contributed by atoms with Crippen LogP contribution in [0.1, 0.15) is 28.2 Å². The molecule has 7 heteroatoms. The summed E-state index contributed by atoms with van der Waals surface area (Å²) in [4.78, 5) is 0. The van der Waals surface area contributed by atoms with E-state index in [1.807, 2.05) is 13.0 Å². The lowest BCUT2D eigenvalue weighted by atomic mass is 9.97. The van der Waals surface area contributed by atoms with Gasteiger partial charge in [0.2, 0.25) is 0 Å². The number of hydrogen-bond donors (Lipinski definition) is 1. The lowest BCUT2D eigenvalue weighted by molar-refractivity contribution is 0.623. The molecule has 0 spiro atoms. The number of nitrogens with one attached hydrogen (secondary N) is 1. The Morgan fingerprint density at radius 1 is 0.909 bits per heavy atom. The molecule has 1 N–H and O–H groups in total. The fraction of sp³-hybridized carbons (Fsp3) is 0.154. The highest BCUT2D eigenvalue weighted by Gasteiger charge is 2.65. The summed E-state index contributed by atoms with van der Waals surface area (Å²) < 4.78 is 13.5. The third-order valence-corrected chi connectivity index (χ3v) is 7.43. The maximum Gasteiger partial charge on any atom is 0.134 e. The zero-order chi connectivity index (χ0) is 24.1. The maximum atomic E-state index is 14.5. The highest BCUT2D eigenvalue weighted by atomic mass is 35.5. The summed E-state index contributed by atoms with van der Waals surface area (Å²) in [5.41, 5.74) is 4.47. The number of allylic oxidation sites excluding steroid dienone is 1. The third kappa shape index (κ3) is 4.92. The van der Waals surface area contributed by atoms with Crippen LogP contribution >= 0.6 is 58.0 Å². The van der Waals surface area contributed by atoms with Crippen molar-refractivity contribution in [2.45, 2.75) is 17.2 Å². The number of alkyl halides is 2. The number of anilines is 1. The van der Waals surface area contributed by atoms with Gasteiger partial charge in [0.1, 0.15) is 10.2 Å². The first-order valence-corrected chi connectivity index (χ1v) is 11.9. The SMILES string of the molecule is C=C(c1ccc(C)cc1F)c1cc(NC(=C)C2C(c3cc(Cl)cc(Cl)c3)C2(Cl)Cl)ccc1Cl. The van der Waals surface area contributed by atoms with Crippen LogP contribution in [0.15, 0.2) is 73.5 Å². The predicted molar refractivity (Wildman–Crippen MR) is 141 cm³/mol. The van der Waals surface area contributed by atoms with E-state index in [2.05, 4.69) is 18.5 Å². The largest absolute Gasteiger partial charge is 0.359 e. The molecule has 0 bridgehead atoms. The quantitative estimate of drug-likeness (QED) is 0.306. The lowest BCUT2D eigenvalue weighted by Crippen LogP contribution is -2.05. The Hall–Kier alpha value is -1.68. The van der Waals surface area contributed by atoms with Gasteiger partial charge in [-0.15, -0.1) is 23.2 Å². The van der Waals surface area contributed by atoms with E-state index in [4.69, 9.17) is 58.0 Å². The smallest absolute Gasteiger partial charge is 0.134 e. The van der Waals surface area contributed by atoms with Gasteiger partial charge in [0, 0.05) is 49.4 Å². The molecule has 2 unspecified atom stereocenters. The van der Waals surface area contributed by atoms with Gasteiger partial charge in [0.25, 0.3) is 0 Å². The first-order valence-electron chi connectivity index (χ1n) is 10.0. The average Bonchev–Trinajstić information content (AvgIpc) is 3.30. The second-order valence-corrected chi connectivity index (χ2v) is 10.9. The molecule has 0 saturated heterocycles. The van der Waals surface area contributed by atoms with E-state index in [1.54, 1.807) is 42.5 Å². The minimum absolute atomic E-state index is 0.222. The summed E-state index contributed by atoms with van der Waals surface area (Å²) >= 11 is 31.9. The van der Waals surface area contributed by atoms with Gasteiger partial charge in [0.05, 0.1) is 0 Å². The van der Waals surface area contributed by atoms with Gasteiger partial charge in [-0.2, -0.15) is 0 Å². The van der Waals surface area contributed by atoms with Gasteiger partial charge in [-0.1, -0.05) is 60.1 Å². The normalized spacial score (nSPS) is 18.6. The second kappa shape index (κ2) is 9.17. The van der Waals surface area contributed by atoms with Crippen LogP contribution in [0.5, 0.6) is 0 Å². The van der Waals surface area contributed by atoms with Crippen molar-refractivity contribution < 1.29 is 4.39 Å². The Labute approximate surface area is 217 Å². The van der Waals surface area contributed by atoms with Crippen molar-refractivity contribution in [1.82, 2.24) is 0 Å². The molecule has 170 valence electrons. The summed E-state index contributed by atoms with van der Waals surface area (Å²) in [6, 6.07) is 15.6. The Morgan fingerprint density at radius 2 is 1.58 bits per heavy atom. The van der Waals surface area contributed by atoms with Crippen LogP contribution in [-0.4, -0.2) is 4.33 Å². The molecule has 1 nitrogen and oxygen atoms in total. The third-order valence-electron chi connectivity index (χ3n) is 5.72. The summed E-state index contributed by atoms with van der Waals surface area (Å²) in [5.74, 6) is -0.846. The Morgan fingerprint density at radius 3 is 2.21 bits per heavy atom. The van der Waals surface area contributed by atoms with Gasteiger partial charge >= 0.3 is 0 Å². The number of rotatable bonds is 6. The molecular weight excluding hydrogens is 523 g/mol. The molecule has 3 aromatic rings. The van der Waals surface area contributed by atoms with E-state index < -0.39 is 4.33 Å². The van der Waals surface area contributed by atoms with Crippen LogP contribution in [-0.2, 0) is 0 Å². The first-order chi connectivity index (χ1) is 15.5. The number of halogens is 6. The van der Waals surface area contributed by atoms with Crippen molar-refractivity contribution in [2.24, 2.45) is 5.92 Å².